The molecule has 2 aromatic rings. The predicted octanol–water partition coefficient (Wildman–Crippen LogP) is 2.56. The molecule has 1 aromatic heterocycles. The molecule has 4 nitrogen and oxygen atoms in total. The summed E-state index contributed by atoms with van der Waals surface area (Å²) in [5.74, 6) is 0. The Morgan fingerprint density at radius 2 is 2.15 bits per heavy atom. The Balaban J connectivity index is 2.07. The number of nitrogens with two attached hydrogens (primary N) is 1. The molecule has 0 bridgehead atoms. The number of pyridine rings is 1. The molecule has 0 aliphatic carbocycles. The van der Waals surface area contributed by atoms with E-state index in [0.29, 0.717) is 0 Å². The first-order valence-electron chi connectivity index (χ1n) is 7.31. The fraction of sp³-hybridized carbons (Fsp3) is 0.438. The Hall–Kier alpha value is -1.81. The number of benzene rings is 1. The first-order chi connectivity index (χ1) is 9.79. The topological polar surface area (TPSA) is 62.4 Å². The fourth-order valence-electron chi connectivity index (χ4n) is 3.08. The van der Waals surface area contributed by atoms with Crippen LogP contribution in [0.3, 0.4) is 0 Å². The highest BCUT2D eigenvalue weighted by atomic mass is 16.3. The maximum atomic E-state index is 9.69. The van der Waals surface area contributed by atoms with Crippen LogP contribution in [-0.4, -0.2) is 29.3 Å². The number of anilines is 2. The van der Waals surface area contributed by atoms with Gasteiger partial charge in [0.25, 0.3) is 0 Å². The van der Waals surface area contributed by atoms with Crippen molar-refractivity contribution < 1.29 is 5.11 Å². The lowest BCUT2D eigenvalue weighted by Gasteiger charge is -2.31. The van der Waals surface area contributed by atoms with E-state index in [9.17, 15) is 5.11 Å². The number of aliphatic hydroxyl groups is 1. The van der Waals surface area contributed by atoms with E-state index in [4.69, 9.17) is 5.73 Å². The molecule has 0 spiro atoms. The molecule has 0 saturated carbocycles. The second-order valence-corrected chi connectivity index (χ2v) is 5.49. The Bertz CT molecular complexity index is 599. The van der Waals surface area contributed by atoms with E-state index in [1.807, 2.05) is 30.5 Å². The third-order valence-electron chi connectivity index (χ3n) is 4.14. The quantitative estimate of drug-likeness (QED) is 0.824. The number of nitrogen functional groups attached to an aromatic ring is 1. The number of hydrogen-bond acceptors (Lipinski definition) is 4. The van der Waals surface area contributed by atoms with Gasteiger partial charge in [-0.25, -0.2) is 0 Å². The number of hydrogen-bond donors (Lipinski definition) is 2. The Kier molecular flexibility index (Phi) is 3.74. The highest BCUT2D eigenvalue weighted by Crippen LogP contribution is 2.30. The molecule has 0 radical (unpaired) electrons. The van der Waals surface area contributed by atoms with Crippen molar-refractivity contribution in [3.05, 3.63) is 30.5 Å². The molecule has 1 saturated heterocycles. The van der Waals surface area contributed by atoms with Crippen molar-refractivity contribution >= 4 is 22.3 Å². The number of aliphatic hydroxyl groups excluding tert-OH is 1. The van der Waals surface area contributed by atoms with Crippen LogP contribution in [0.1, 0.15) is 25.7 Å². The number of aromatic nitrogens is 1. The van der Waals surface area contributed by atoms with Crippen LogP contribution in [0.25, 0.3) is 10.9 Å². The molecule has 1 aromatic carbocycles. The lowest BCUT2D eigenvalue weighted by atomic mass is 10.1. The third-order valence-corrected chi connectivity index (χ3v) is 4.14. The van der Waals surface area contributed by atoms with Crippen molar-refractivity contribution in [2.45, 2.75) is 31.7 Å². The molecule has 106 valence electrons. The standard InChI is InChI=1S/C16H21N3O/c17-12-5-6-14-15(10-12)18-8-7-16(14)19-9-3-1-2-4-13(19)11-20/h5-8,10,13,20H,1-4,9,11,17H2. The molecule has 4 heteroatoms. The van der Waals surface area contributed by atoms with Gasteiger partial charge in [0.15, 0.2) is 0 Å². The molecule has 3 rings (SSSR count). The van der Waals surface area contributed by atoms with Gasteiger partial charge in [-0.15, -0.1) is 0 Å². The summed E-state index contributed by atoms with van der Waals surface area (Å²) in [5.41, 5.74) is 8.65. The fourth-order valence-corrected chi connectivity index (χ4v) is 3.08. The van der Waals surface area contributed by atoms with Gasteiger partial charge in [0, 0.05) is 29.5 Å². The molecule has 0 amide bonds. The van der Waals surface area contributed by atoms with Crippen molar-refractivity contribution in [3.63, 3.8) is 0 Å². The van der Waals surface area contributed by atoms with Gasteiger partial charge in [0.05, 0.1) is 18.2 Å². The van der Waals surface area contributed by atoms with Gasteiger partial charge in [-0.2, -0.15) is 0 Å². The van der Waals surface area contributed by atoms with E-state index < -0.39 is 0 Å². The van der Waals surface area contributed by atoms with Crippen LogP contribution in [0, 0.1) is 0 Å². The van der Waals surface area contributed by atoms with Crippen LogP contribution in [0.4, 0.5) is 11.4 Å². The molecular weight excluding hydrogens is 250 g/mol. The summed E-state index contributed by atoms with van der Waals surface area (Å²) < 4.78 is 0. The number of fused-ring (bicyclic) bond motifs is 1. The SMILES string of the molecule is Nc1ccc2c(N3CCCCCC3CO)ccnc2c1. The van der Waals surface area contributed by atoms with Crippen LogP contribution >= 0.6 is 0 Å². The molecule has 1 atom stereocenters. The van der Waals surface area contributed by atoms with Gasteiger partial charge >= 0.3 is 0 Å². The summed E-state index contributed by atoms with van der Waals surface area (Å²) >= 11 is 0. The summed E-state index contributed by atoms with van der Waals surface area (Å²) in [7, 11) is 0. The number of nitrogens with zero attached hydrogens (tertiary/aromatic N) is 2. The van der Waals surface area contributed by atoms with Crippen LogP contribution in [0.2, 0.25) is 0 Å². The molecule has 3 N–H and O–H groups in total. The van der Waals surface area contributed by atoms with Gasteiger partial charge < -0.3 is 15.7 Å². The molecule has 1 unspecified atom stereocenters. The highest BCUT2D eigenvalue weighted by molar-refractivity contribution is 5.93. The number of rotatable bonds is 2. The largest absolute Gasteiger partial charge is 0.399 e. The minimum atomic E-state index is 0.207. The van der Waals surface area contributed by atoms with E-state index in [0.717, 1.165) is 35.2 Å². The van der Waals surface area contributed by atoms with Gasteiger partial charge in [0.2, 0.25) is 0 Å². The van der Waals surface area contributed by atoms with Gasteiger partial charge in [-0.3, -0.25) is 4.98 Å². The maximum absolute atomic E-state index is 9.69. The summed E-state index contributed by atoms with van der Waals surface area (Å²) in [4.78, 5) is 6.74. The molecule has 1 fully saturated rings. The smallest absolute Gasteiger partial charge is 0.0743 e. The highest BCUT2D eigenvalue weighted by Gasteiger charge is 2.22. The van der Waals surface area contributed by atoms with E-state index in [2.05, 4.69) is 9.88 Å². The summed E-state index contributed by atoms with van der Waals surface area (Å²) in [6.45, 7) is 1.20. The monoisotopic (exact) mass is 271 g/mol. The van der Waals surface area contributed by atoms with Gasteiger partial charge in [0.1, 0.15) is 0 Å². The summed E-state index contributed by atoms with van der Waals surface area (Å²) in [6, 6.07) is 8.11. The van der Waals surface area contributed by atoms with Crippen molar-refractivity contribution in [2.24, 2.45) is 0 Å². The summed E-state index contributed by atoms with van der Waals surface area (Å²) in [5, 5.41) is 10.8. The van der Waals surface area contributed by atoms with E-state index in [1.165, 1.54) is 19.3 Å². The van der Waals surface area contributed by atoms with E-state index in [1.54, 1.807) is 0 Å². The second kappa shape index (κ2) is 5.67. The van der Waals surface area contributed by atoms with Crippen LogP contribution in [0.5, 0.6) is 0 Å². The van der Waals surface area contributed by atoms with Gasteiger partial charge in [-0.05, 0) is 37.1 Å². The average Bonchev–Trinajstić information content (AvgIpc) is 2.71. The zero-order valence-corrected chi connectivity index (χ0v) is 11.6. The van der Waals surface area contributed by atoms with Crippen LogP contribution in [0.15, 0.2) is 30.5 Å². The Morgan fingerprint density at radius 3 is 3.00 bits per heavy atom. The van der Waals surface area contributed by atoms with Crippen LogP contribution in [-0.2, 0) is 0 Å². The molecule has 2 heterocycles. The second-order valence-electron chi connectivity index (χ2n) is 5.49. The normalized spacial score (nSPS) is 20.1. The minimum absolute atomic E-state index is 0.207. The zero-order valence-electron chi connectivity index (χ0n) is 11.6. The molecule has 20 heavy (non-hydrogen) atoms. The minimum Gasteiger partial charge on any atom is -0.399 e. The maximum Gasteiger partial charge on any atom is 0.0743 e. The van der Waals surface area contributed by atoms with Gasteiger partial charge in [-0.1, -0.05) is 12.8 Å². The zero-order chi connectivity index (χ0) is 13.9. The predicted molar refractivity (Wildman–Crippen MR) is 82.8 cm³/mol. The average molecular weight is 271 g/mol. The molecule has 1 aliphatic rings. The lowest BCUT2D eigenvalue weighted by molar-refractivity contribution is 0.255. The van der Waals surface area contributed by atoms with Crippen molar-refractivity contribution in [2.75, 3.05) is 23.8 Å². The first kappa shape index (κ1) is 13.2. The van der Waals surface area contributed by atoms with Crippen LogP contribution < -0.4 is 10.6 Å². The van der Waals surface area contributed by atoms with Crippen molar-refractivity contribution in [1.29, 1.82) is 0 Å². The Morgan fingerprint density at radius 1 is 1.25 bits per heavy atom. The summed E-state index contributed by atoms with van der Waals surface area (Å²) in [6.07, 6.45) is 6.49. The molecular formula is C16H21N3O. The lowest BCUT2D eigenvalue weighted by Crippen LogP contribution is -2.37. The Labute approximate surface area is 119 Å². The van der Waals surface area contributed by atoms with E-state index >= 15 is 0 Å². The first-order valence-corrected chi connectivity index (χ1v) is 7.31. The van der Waals surface area contributed by atoms with E-state index in [-0.39, 0.29) is 12.6 Å². The van der Waals surface area contributed by atoms with Crippen molar-refractivity contribution in [3.8, 4) is 0 Å². The molecule has 1 aliphatic heterocycles. The third kappa shape index (κ3) is 2.43. The van der Waals surface area contributed by atoms with Crippen molar-refractivity contribution in [1.82, 2.24) is 4.98 Å².